The molecular formula is C17H17N3OS. The zero-order valence-electron chi connectivity index (χ0n) is 12.5. The van der Waals surface area contributed by atoms with Gasteiger partial charge in [0, 0.05) is 49.2 Å². The van der Waals surface area contributed by atoms with Crippen molar-refractivity contribution in [2.75, 3.05) is 31.1 Å². The largest absolute Gasteiger partial charge is 0.345 e. The van der Waals surface area contributed by atoms with Crippen molar-refractivity contribution in [3.05, 3.63) is 47.0 Å². The highest BCUT2D eigenvalue weighted by atomic mass is 32.1. The summed E-state index contributed by atoms with van der Waals surface area (Å²) >= 11 is 1.63. The van der Waals surface area contributed by atoms with Gasteiger partial charge in [-0.3, -0.25) is 4.79 Å². The summed E-state index contributed by atoms with van der Waals surface area (Å²) in [6, 6.07) is 7.85. The van der Waals surface area contributed by atoms with Gasteiger partial charge in [0.15, 0.2) is 5.13 Å². The smallest absolute Gasteiger partial charge is 0.298 e. The number of anilines is 1. The summed E-state index contributed by atoms with van der Waals surface area (Å²) < 4.78 is 0. The van der Waals surface area contributed by atoms with E-state index >= 15 is 0 Å². The van der Waals surface area contributed by atoms with E-state index in [0.717, 1.165) is 29.3 Å². The number of carbonyl (C=O) groups is 1. The van der Waals surface area contributed by atoms with Crippen molar-refractivity contribution in [2.45, 2.75) is 6.92 Å². The third-order valence-electron chi connectivity index (χ3n) is 3.71. The number of aromatic nitrogens is 1. The SMILES string of the molecule is Cc1ccccc1C#CC(=O)N1CCN(c2nccs2)CC1. The monoisotopic (exact) mass is 311 g/mol. The molecule has 0 spiro atoms. The van der Waals surface area contributed by atoms with Gasteiger partial charge in [0.25, 0.3) is 5.91 Å². The van der Waals surface area contributed by atoms with E-state index in [1.807, 2.05) is 47.7 Å². The molecule has 2 aromatic rings. The minimum absolute atomic E-state index is 0.0953. The molecule has 1 amide bonds. The highest BCUT2D eigenvalue weighted by Gasteiger charge is 2.21. The Morgan fingerprint density at radius 2 is 2.00 bits per heavy atom. The quantitative estimate of drug-likeness (QED) is 0.757. The van der Waals surface area contributed by atoms with Gasteiger partial charge < -0.3 is 9.80 Å². The van der Waals surface area contributed by atoms with Gasteiger partial charge in [-0.15, -0.1) is 11.3 Å². The molecule has 0 bridgehead atoms. The molecule has 0 saturated carbocycles. The van der Waals surface area contributed by atoms with Crippen LogP contribution in [0.1, 0.15) is 11.1 Å². The zero-order valence-corrected chi connectivity index (χ0v) is 13.3. The van der Waals surface area contributed by atoms with Gasteiger partial charge in [-0.2, -0.15) is 0 Å². The van der Waals surface area contributed by atoms with Crippen molar-refractivity contribution >= 4 is 22.4 Å². The van der Waals surface area contributed by atoms with Crippen LogP contribution in [0.25, 0.3) is 0 Å². The standard InChI is InChI=1S/C17H17N3OS/c1-14-4-2-3-5-15(14)6-7-16(21)19-9-11-20(12-10-19)17-18-8-13-22-17/h2-5,8,13H,9-12H2,1H3. The lowest BCUT2D eigenvalue weighted by Gasteiger charge is -2.33. The van der Waals surface area contributed by atoms with Gasteiger partial charge >= 0.3 is 0 Å². The number of benzene rings is 1. The van der Waals surface area contributed by atoms with Crippen LogP contribution < -0.4 is 4.90 Å². The predicted molar refractivity (Wildman–Crippen MR) is 89.0 cm³/mol. The number of thiazole rings is 1. The van der Waals surface area contributed by atoms with Crippen LogP contribution in [0.2, 0.25) is 0 Å². The summed E-state index contributed by atoms with van der Waals surface area (Å²) in [5.74, 6) is 5.65. The van der Waals surface area contributed by atoms with Crippen LogP contribution in [-0.4, -0.2) is 42.0 Å². The second kappa shape index (κ2) is 6.63. The Morgan fingerprint density at radius 3 is 2.68 bits per heavy atom. The zero-order chi connectivity index (χ0) is 15.4. The van der Waals surface area contributed by atoms with Gasteiger partial charge in [-0.25, -0.2) is 4.98 Å². The normalized spacial score (nSPS) is 14.4. The van der Waals surface area contributed by atoms with Crippen LogP contribution >= 0.6 is 11.3 Å². The first-order valence-electron chi connectivity index (χ1n) is 7.25. The summed E-state index contributed by atoms with van der Waals surface area (Å²) in [7, 11) is 0. The van der Waals surface area contributed by atoms with Crippen molar-refractivity contribution in [2.24, 2.45) is 0 Å². The fraction of sp³-hybridized carbons (Fsp3) is 0.294. The third-order valence-corrected chi connectivity index (χ3v) is 4.54. The Bertz CT molecular complexity index is 707. The van der Waals surface area contributed by atoms with Crippen LogP contribution in [0.15, 0.2) is 35.8 Å². The van der Waals surface area contributed by atoms with Crippen LogP contribution in [0, 0.1) is 18.8 Å². The van der Waals surface area contributed by atoms with Crippen LogP contribution in [0.4, 0.5) is 5.13 Å². The summed E-state index contributed by atoms with van der Waals surface area (Å²) in [6.07, 6.45) is 1.81. The lowest BCUT2D eigenvalue weighted by molar-refractivity contribution is -0.125. The molecule has 0 atom stereocenters. The molecular weight excluding hydrogens is 294 g/mol. The number of hydrogen-bond acceptors (Lipinski definition) is 4. The van der Waals surface area contributed by atoms with Gasteiger partial charge in [-0.05, 0) is 18.6 Å². The third kappa shape index (κ3) is 3.29. The van der Waals surface area contributed by atoms with E-state index in [-0.39, 0.29) is 5.91 Å². The summed E-state index contributed by atoms with van der Waals surface area (Å²) in [6.45, 7) is 5.01. The number of amides is 1. The molecule has 1 aliphatic heterocycles. The van der Waals surface area contributed by atoms with Crippen LogP contribution in [0.3, 0.4) is 0 Å². The molecule has 0 radical (unpaired) electrons. The Morgan fingerprint density at radius 1 is 1.23 bits per heavy atom. The Balaban J connectivity index is 1.60. The van der Waals surface area contributed by atoms with E-state index < -0.39 is 0 Å². The summed E-state index contributed by atoms with van der Waals surface area (Å²) in [5, 5.41) is 3.00. The number of nitrogens with zero attached hydrogens (tertiary/aromatic N) is 3. The molecule has 3 rings (SSSR count). The molecule has 1 fully saturated rings. The van der Waals surface area contributed by atoms with Crippen molar-refractivity contribution in [1.82, 2.24) is 9.88 Å². The fourth-order valence-corrected chi connectivity index (χ4v) is 3.08. The second-order valence-electron chi connectivity index (χ2n) is 5.16. The lowest BCUT2D eigenvalue weighted by Crippen LogP contribution is -2.48. The van der Waals surface area contributed by atoms with Crippen LogP contribution in [-0.2, 0) is 4.79 Å². The highest BCUT2D eigenvalue weighted by Crippen LogP contribution is 2.18. The molecule has 1 saturated heterocycles. The van der Waals surface area contributed by atoms with E-state index in [1.165, 1.54) is 0 Å². The second-order valence-corrected chi connectivity index (χ2v) is 6.03. The molecule has 4 nitrogen and oxygen atoms in total. The summed E-state index contributed by atoms with van der Waals surface area (Å²) in [5.41, 5.74) is 2.01. The maximum atomic E-state index is 12.2. The maximum absolute atomic E-state index is 12.2. The molecule has 1 aliphatic rings. The fourth-order valence-electron chi connectivity index (χ4n) is 2.39. The van der Waals surface area contributed by atoms with E-state index in [4.69, 9.17) is 0 Å². The van der Waals surface area contributed by atoms with Gasteiger partial charge in [0.05, 0.1) is 0 Å². The minimum Gasteiger partial charge on any atom is -0.345 e. The molecule has 0 unspecified atom stereocenters. The molecule has 2 heterocycles. The number of rotatable bonds is 1. The Hall–Kier alpha value is -2.32. The maximum Gasteiger partial charge on any atom is 0.298 e. The van der Waals surface area contributed by atoms with E-state index in [2.05, 4.69) is 21.7 Å². The molecule has 1 aromatic carbocycles. The van der Waals surface area contributed by atoms with Crippen molar-refractivity contribution in [3.8, 4) is 11.8 Å². The van der Waals surface area contributed by atoms with Crippen molar-refractivity contribution in [3.63, 3.8) is 0 Å². The topological polar surface area (TPSA) is 36.4 Å². The molecule has 0 N–H and O–H groups in total. The number of aryl methyl sites for hydroxylation is 1. The molecule has 112 valence electrons. The predicted octanol–water partition coefficient (Wildman–Crippen LogP) is 2.15. The van der Waals surface area contributed by atoms with Gasteiger partial charge in [-0.1, -0.05) is 24.1 Å². The van der Waals surface area contributed by atoms with Gasteiger partial charge in [0.1, 0.15) is 0 Å². The van der Waals surface area contributed by atoms with E-state index in [9.17, 15) is 4.79 Å². The average molecular weight is 311 g/mol. The average Bonchev–Trinajstić information content (AvgIpc) is 3.08. The lowest BCUT2D eigenvalue weighted by atomic mass is 10.1. The molecule has 5 heteroatoms. The Labute approximate surface area is 134 Å². The van der Waals surface area contributed by atoms with Gasteiger partial charge in [0.2, 0.25) is 0 Å². The van der Waals surface area contributed by atoms with E-state index in [0.29, 0.717) is 13.1 Å². The highest BCUT2D eigenvalue weighted by molar-refractivity contribution is 7.13. The number of carbonyl (C=O) groups excluding carboxylic acids is 1. The Kier molecular flexibility index (Phi) is 4.40. The van der Waals surface area contributed by atoms with Crippen molar-refractivity contribution in [1.29, 1.82) is 0 Å². The van der Waals surface area contributed by atoms with Crippen LogP contribution in [0.5, 0.6) is 0 Å². The number of hydrogen-bond donors (Lipinski definition) is 0. The first-order chi connectivity index (χ1) is 10.7. The van der Waals surface area contributed by atoms with Crippen molar-refractivity contribution < 1.29 is 4.79 Å². The molecule has 0 aliphatic carbocycles. The first kappa shape index (κ1) is 14.6. The molecule has 1 aromatic heterocycles. The first-order valence-corrected chi connectivity index (χ1v) is 8.13. The minimum atomic E-state index is -0.0953. The molecule has 22 heavy (non-hydrogen) atoms. The number of piperazine rings is 1. The van der Waals surface area contributed by atoms with E-state index in [1.54, 1.807) is 11.3 Å². The summed E-state index contributed by atoms with van der Waals surface area (Å²) in [4.78, 5) is 20.5.